The number of hydrogen-bond donors (Lipinski definition) is 0. The molecule has 4 nitrogen and oxygen atoms in total. The molecule has 0 aliphatic heterocycles. The molecule has 0 bridgehead atoms. The molecular formula is C31H26N2O2. The van der Waals surface area contributed by atoms with Crippen molar-refractivity contribution in [1.82, 2.24) is 9.97 Å². The minimum atomic E-state index is -0.202. The Balaban J connectivity index is 1.15. The van der Waals surface area contributed by atoms with Crippen LogP contribution in [0.2, 0.25) is 0 Å². The predicted octanol–water partition coefficient (Wildman–Crippen LogP) is 7.75. The van der Waals surface area contributed by atoms with Crippen molar-refractivity contribution in [1.29, 1.82) is 0 Å². The lowest BCUT2D eigenvalue weighted by molar-refractivity contribution is 0.381. The molecule has 0 fully saturated rings. The molecule has 0 unspecified atom stereocenters. The Kier molecular flexibility index (Phi) is 5.22. The van der Waals surface area contributed by atoms with E-state index in [2.05, 4.69) is 67.4 Å². The summed E-state index contributed by atoms with van der Waals surface area (Å²) in [6.45, 7) is 4.36. The maximum atomic E-state index is 6.05. The second-order valence-corrected chi connectivity index (χ2v) is 9.69. The van der Waals surface area contributed by atoms with E-state index in [1.165, 1.54) is 22.3 Å². The van der Waals surface area contributed by atoms with Crippen molar-refractivity contribution in [3.05, 3.63) is 120 Å². The molecule has 2 aromatic heterocycles. The van der Waals surface area contributed by atoms with Crippen LogP contribution in [0.25, 0.3) is 33.3 Å². The summed E-state index contributed by atoms with van der Waals surface area (Å²) in [5.41, 5.74) is 8.10. The molecule has 2 heterocycles. The lowest BCUT2D eigenvalue weighted by Crippen LogP contribution is -2.20. The van der Waals surface area contributed by atoms with Crippen molar-refractivity contribution in [2.24, 2.45) is 0 Å². The minimum absolute atomic E-state index is 0.202. The lowest BCUT2D eigenvalue weighted by Gasteiger charge is -2.20. The highest BCUT2D eigenvalue weighted by Gasteiger charge is 2.27. The highest BCUT2D eigenvalue weighted by Crippen LogP contribution is 2.31. The molecule has 0 aliphatic carbocycles. The SMILES string of the molecule is CC(C)(Cc1ccc(-c2ccc(Cc3nc4ccccc4o3)cc2)cc1)c1nc2ccccc2o1. The second kappa shape index (κ2) is 8.55. The van der Waals surface area contributed by atoms with Crippen molar-refractivity contribution in [2.75, 3.05) is 0 Å². The number of nitrogens with zero attached hydrogens (tertiary/aromatic N) is 2. The summed E-state index contributed by atoms with van der Waals surface area (Å²) in [4.78, 5) is 9.30. The van der Waals surface area contributed by atoms with Gasteiger partial charge >= 0.3 is 0 Å². The molecule has 0 N–H and O–H groups in total. The van der Waals surface area contributed by atoms with Gasteiger partial charge in [-0.25, -0.2) is 9.97 Å². The molecule has 4 aromatic carbocycles. The van der Waals surface area contributed by atoms with E-state index in [1.807, 2.05) is 48.5 Å². The van der Waals surface area contributed by atoms with Crippen LogP contribution in [0.4, 0.5) is 0 Å². The Labute approximate surface area is 204 Å². The Morgan fingerprint density at radius 3 is 1.74 bits per heavy atom. The number of para-hydroxylation sites is 4. The summed E-state index contributed by atoms with van der Waals surface area (Å²) in [5.74, 6) is 1.52. The van der Waals surface area contributed by atoms with Crippen LogP contribution in [-0.2, 0) is 18.3 Å². The zero-order valence-corrected chi connectivity index (χ0v) is 19.9. The van der Waals surface area contributed by atoms with Gasteiger partial charge in [-0.3, -0.25) is 0 Å². The molecule has 0 radical (unpaired) electrons. The van der Waals surface area contributed by atoms with E-state index >= 15 is 0 Å². The quantitative estimate of drug-likeness (QED) is 0.256. The summed E-state index contributed by atoms with van der Waals surface area (Å²) in [6.07, 6.45) is 1.53. The Morgan fingerprint density at radius 1 is 0.600 bits per heavy atom. The molecule has 0 saturated carbocycles. The first kappa shape index (κ1) is 21.4. The number of hydrogen-bond acceptors (Lipinski definition) is 4. The van der Waals surface area contributed by atoms with Gasteiger partial charge in [0.15, 0.2) is 17.1 Å². The van der Waals surface area contributed by atoms with Crippen LogP contribution in [0.5, 0.6) is 0 Å². The number of rotatable bonds is 6. The van der Waals surface area contributed by atoms with E-state index in [9.17, 15) is 0 Å². The van der Waals surface area contributed by atoms with Crippen molar-refractivity contribution in [3.63, 3.8) is 0 Å². The van der Waals surface area contributed by atoms with E-state index in [1.54, 1.807) is 0 Å². The second-order valence-electron chi connectivity index (χ2n) is 9.69. The smallest absolute Gasteiger partial charge is 0.201 e. The van der Waals surface area contributed by atoms with Gasteiger partial charge in [0.1, 0.15) is 11.0 Å². The maximum Gasteiger partial charge on any atom is 0.201 e. The monoisotopic (exact) mass is 458 g/mol. The third-order valence-electron chi connectivity index (χ3n) is 6.45. The molecule has 35 heavy (non-hydrogen) atoms. The van der Waals surface area contributed by atoms with Gasteiger partial charge < -0.3 is 8.83 Å². The van der Waals surface area contributed by atoms with E-state index < -0.39 is 0 Å². The molecule has 172 valence electrons. The first-order chi connectivity index (χ1) is 17.0. The van der Waals surface area contributed by atoms with Crippen molar-refractivity contribution in [3.8, 4) is 11.1 Å². The third kappa shape index (κ3) is 4.35. The summed E-state index contributed by atoms with van der Waals surface area (Å²) in [7, 11) is 0. The van der Waals surface area contributed by atoms with Gasteiger partial charge in [-0.1, -0.05) is 86.6 Å². The van der Waals surface area contributed by atoms with Crippen LogP contribution >= 0.6 is 0 Å². The molecule has 6 rings (SSSR count). The predicted molar refractivity (Wildman–Crippen MR) is 139 cm³/mol. The first-order valence-electron chi connectivity index (χ1n) is 11.9. The number of aromatic nitrogens is 2. The van der Waals surface area contributed by atoms with Crippen LogP contribution in [-0.4, -0.2) is 9.97 Å². The maximum absolute atomic E-state index is 6.05. The van der Waals surface area contributed by atoms with Crippen LogP contribution < -0.4 is 0 Å². The molecular weight excluding hydrogens is 432 g/mol. The fourth-order valence-electron chi connectivity index (χ4n) is 4.55. The minimum Gasteiger partial charge on any atom is -0.440 e. The standard InChI is InChI=1S/C31H26N2O2/c1-31(2,30-33-26-8-4-6-10-28(26)35-30)20-22-13-17-24(18-14-22)23-15-11-21(12-16-23)19-29-32-25-7-3-5-9-27(25)34-29/h3-18H,19-20H2,1-2H3. The fourth-order valence-corrected chi connectivity index (χ4v) is 4.55. The third-order valence-corrected chi connectivity index (χ3v) is 6.45. The Morgan fingerprint density at radius 2 is 1.14 bits per heavy atom. The number of oxazole rings is 2. The molecule has 0 saturated heterocycles. The van der Waals surface area contributed by atoms with Gasteiger partial charge in [0.25, 0.3) is 0 Å². The molecule has 0 spiro atoms. The Bertz CT molecular complexity index is 1540. The fraction of sp³-hybridized carbons (Fsp3) is 0.161. The van der Waals surface area contributed by atoms with Crippen LogP contribution in [0.3, 0.4) is 0 Å². The molecule has 6 aromatic rings. The van der Waals surface area contributed by atoms with Gasteiger partial charge in [0.2, 0.25) is 5.89 Å². The van der Waals surface area contributed by atoms with Crippen LogP contribution in [0.15, 0.2) is 106 Å². The summed E-state index contributed by atoms with van der Waals surface area (Å²) in [6, 6.07) is 33.2. The van der Waals surface area contributed by atoms with Crippen molar-refractivity contribution >= 4 is 22.2 Å². The van der Waals surface area contributed by atoms with E-state index in [0.717, 1.165) is 40.4 Å². The normalized spacial score (nSPS) is 11.9. The topological polar surface area (TPSA) is 52.1 Å². The lowest BCUT2D eigenvalue weighted by atomic mass is 9.85. The highest BCUT2D eigenvalue weighted by molar-refractivity contribution is 5.73. The zero-order chi connectivity index (χ0) is 23.8. The summed E-state index contributed by atoms with van der Waals surface area (Å²) >= 11 is 0. The highest BCUT2D eigenvalue weighted by atomic mass is 16.4. The van der Waals surface area contributed by atoms with Crippen LogP contribution in [0, 0.1) is 0 Å². The van der Waals surface area contributed by atoms with E-state index in [4.69, 9.17) is 13.8 Å². The zero-order valence-electron chi connectivity index (χ0n) is 19.9. The van der Waals surface area contributed by atoms with Gasteiger partial charge in [-0.15, -0.1) is 0 Å². The molecule has 4 heteroatoms. The molecule has 0 aliphatic rings. The molecule has 0 amide bonds. The average molecular weight is 459 g/mol. The first-order valence-corrected chi connectivity index (χ1v) is 11.9. The van der Waals surface area contributed by atoms with E-state index in [-0.39, 0.29) is 5.41 Å². The average Bonchev–Trinajstić information content (AvgIpc) is 3.49. The molecule has 0 atom stereocenters. The van der Waals surface area contributed by atoms with Crippen molar-refractivity contribution < 1.29 is 8.83 Å². The number of fused-ring (bicyclic) bond motifs is 2. The van der Waals surface area contributed by atoms with Gasteiger partial charge in [0, 0.05) is 11.8 Å². The summed E-state index contributed by atoms with van der Waals surface area (Å²) in [5, 5.41) is 0. The van der Waals surface area contributed by atoms with Crippen molar-refractivity contribution in [2.45, 2.75) is 32.1 Å². The van der Waals surface area contributed by atoms with E-state index in [0.29, 0.717) is 6.42 Å². The largest absolute Gasteiger partial charge is 0.440 e. The Hall–Kier alpha value is -4.18. The van der Waals surface area contributed by atoms with Gasteiger partial charge in [-0.2, -0.15) is 0 Å². The summed E-state index contributed by atoms with van der Waals surface area (Å²) < 4.78 is 11.9. The number of benzene rings is 4. The van der Waals surface area contributed by atoms with Gasteiger partial charge in [0.05, 0.1) is 0 Å². The van der Waals surface area contributed by atoms with Crippen LogP contribution in [0.1, 0.15) is 36.8 Å². The van der Waals surface area contributed by atoms with Gasteiger partial charge in [-0.05, 0) is 52.9 Å².